The second-order valence-corrected chi connectivity index (χ2v) is 4.29. The van der Waals surface area contributed by atoms with Gasteiger partial charge in [-0.05, 0) is 33.1 Å². The minimum Gasteiger partial charge on any atom is -0.465 e. The molecule has 0 bridgehead atoms. The van der Waals surface area contributed by atoms with Gasteiger partial charge in [0.05, 0.1) is 24.1 Å². The van der Waals surface area contributed by atoms with E-state index in [2.05, 4.69) is 0 Å². The number of rotatable bonds is 6. The lowest BCUT2D eigenvalue weighted by Gasteiger charge is -2.22. The maximum Gasteiger partial charge on any atom is 0.311 e. The fourth-order valence-electron chi connectivity index (χ4n) is 1.07. The average molecular weight is 212 g/mol. The highest BCUT2D eigenvalue weighted by Crippen LogP contribution is 2.24. The van der Waals surface area contributed by atoms with Gasteiger partial charge in [0, 0.05) is 0 Å². The van der Waals surface area contributed by atoms with E-state index in [9.17, 15) is 4.79 Å². The summed E-state index contributed by atoms with van der Waals surface area (Å²) in [6.45, 7) is 6.03. The molecule has 0 fully saturated rings. The van der Waals surface area contributed by atoms with Crippen LogP contribution in [0, 0.1) is 16.7 Å². The third kappa shape index (κ3) is 5.38. The standard InChI is InChI=1S/C11H20N2O2/c1-4-7-15-10(14)11(2,3)6-5-9(13)8-12/h9H,4-7,13H2,1-3H3. The second-order valence-electron chi connectivity index (χ2n) is 4.29. The van der Waals surface area contributed by atoms with Crippen molar-refractivity contribution in [1.29, 1.82) is 5.26 Å². The van der Waals surface area contributed by atoms with E-state index in [4.69, 9.17) is 15.7 Å². The summed E-state index contributed by atoms with van der Waals surface area (Å²) in [5.41, 5.74) is 4.92. The van der Waals surface area contributed by atoms with E-state index >= 15 is 0 Å². The number of nitrogens with two attached hydrogens (primary N) is 1. The van der Waals surface area contributed by atoms with Gasteiger partial charge in [0.15, 0.2) is 0 Å². The van der Waals surface area contributed by atoms with Gasteiger partial charge in [-0.1, -0.05) is 6.92 Å². The Labute approximate surface area is 91.4 Å². The summed E-state index contributed by atoms with van der Waals surface area (Å²) in [6.07, 6.45) is 1.91. The van der Waals surface area contributed by atoms with Crippen LogP contribution in [0.2, 0.25) is 0 Å². The van der Waals surface area contributed by atoms with E-state index in [0.717, 1.165) is 6.42 Å². The molecular formula is C11H20N2O2. The second kappa shape index (κ2) is 6.41. The van der Waals surface area contributed by atoms with E-state index in [1.54, 1.807) is 0 Å². The molecule has 1 atom stereocenters. The lowest BCUT2D eigenvalue weighted by atomic mass is 9.86. The van der Waals surface area contributed by atoms with Crippen molar-refractivity contribution < 1.29 is 9.53 Å². The zero-order chi connectivity index (χ0) is 11.9. The van der Waals surface area contributed by atoms with Crippen LogP contribution in [0.3, 0.4) is 0 Å². The van der Waals surface area contributed by atoms with Crippen molar-refractivity contribution in [2.45, 2.75) is 46.1 Å². The van der Waals surface area contributed by atoms with Gasteiger partial charge in [0.25, 0.3) is 0 Å². The molecule has 0 saturated heterocycles. The van der Waals surface area contributed by atoms with Crippen molar-refractivity contribution in [1.82, 2.24) is 0 Å². The monoisotopic (exact) mass is 212 g/mol. The fourth-order valence-corrected chi connectivity index (χ4v) is 1.07. The zero-order valence-electron chi connectivity index (χ0n) is 9.75. The summed E-state index contributed by atoms with van der Waals surface area (Å²) in [5.74, 6) is -0.213. The van der Waals surface area contributed by atoms with Crippen LogP contribution in [0.4, 0.5) is 0 Å². The normalized spacial score (nSPS) is 13.0. The Morgan fingerprint density at radius 3 is 2.67 bits per heavy atom. The van der Waals surface area contributed by atoms with Crippen LogP contribution in [-0.4, -0.2) is 18.6 Å². The number of carbonyl (C=O) groups is 1. The van der Waals surface area contributed by atoms with Gasteiger partial charge < -0.3 is 10.5 Å². The number of hydrogen-bond acceptors (Lipinski definition) is 4. The number of nitriles is 1. The highest BCUT2D eigenvalue weighted by molar-refractivity contribution is 5.75. The van der Waals surface area contributed by atoms with Crippen molar-refractivity contribution >= 4 is 5.97 Å². The van der Waals surface area contributed by atoms with Crippen molar-refractivity contribution in [2.24, 2.45) is 11.1 Å². The molecule has 2 N–H and O–H groups in total. The molecule has 0 radical (unpaired) electrons. The molecule has 4 heteroatoms. The molecule has 0 aliphatic heterocycles. The molecule has 0 spiro atoms. The minimum atomic E-state index is -0.552. The molecule has 0 aliphatic carbocycles. The molecule has 0 amide bonds. The zero-order valence-corrected chi connectivity index (χ0v) is 9.75. The molecule has 0 heterocycles. The molecular weight excluding hydrogens is 192 g/mol. The molecule has 0 aromatic carbocycles. The summed E-state index contributed by atoms with van der Waals surface area (Å²) >= 11 is 0. The van der Waals surface area contributed by atoms with Gasteiger partial charge in [0.2, 0.25) is 0 Å². The van der Waals surface area contributed by atoms with Crippen LogP contribution in [0.5, 0.6) is 0 Å². The summed E-state index contributed by atoms with van der Waals surface area (Å²) in [4.78, 5) is 11.6. The summed E-state index contributed by atoms with van der Waals surface area (Å²) in [5, 5.41) is 8.52. The summed E-state index contributed by atoms with van der Waals surface area (Å²) in [7, 11) is 0. The van der Waals surface area contributed by atoms with Crippen LogP contribution in [0.1, 0.15) is 40.0 Å². The first-order valence-corrected chi connectivity index (χ1v) is 5.26. The number of ether oxygens (including phenoxy) is 1. The first-order chi connectivity index (χ1) is 6.94. The predicted octanol–water partition coefficient (Wildman–Crippen LogP) is 1.60. The first kappa shape index (κ1) is 13.9. The van der Waals surface area contributed by atoms with Gasteiger partial charge in [-0.3, -0.25) is 4.79 Å². The highest BCUT2D eigenvalue weighted by Gasteiger charge is 2.29. The Kier molecular flexibility index (Phi) is 5.95. The molecule has 15 heavy (non-hydrogen) atoms. The van der Waals surface area contributed by atoms with Crippen molar-refractivity contribution in [3.8, 4) is 6.07 Å². The lowest BCUT2D eigenvalue weighted by molar-refractivity contribution is -0.154. The molecule has 4 nitrogen and oxygen atoms in total. The van der Waals surface area contributed by atoms with E-state index in [1.165, 1.54) is 0 Å². The van der Waals surface area contributed by atoms with Gasteiger partial charge >= 0.3 is 5.97 Å². The molecule has 1 unspecified atom stereocenters. The van der Waals surface area contributed by atoms with Crippen molar-refractivity contribution in [3.63, 3.8) is 0 Å². The van der Waals surface area contributed by atoms with Crippen LogP contribution < -0.4 is 5.73 Å². The number of carbonyl (C=O) groups excluding carboxylic acids is 1. The largest absolute Gasteiger partial charge is 0.465 e. The predicted molar refractivity (Wildman–Crippen MR) is 57.9 cm³/mol. The van der Waals surface area contributed by atoms with Crippen LogP contribution in [0.15, 0.2) is 0 Å². The Morgan fingerprint density at radius 2 is 2.20 bits per heavy atom. The third-order valence-electron chi connectivity index (χ3n) is 2.24. The first-order valence-electron chi connectivity index (χ1n) is 5.26. The molecule has 0 aromatic rings. The average Bonchev–Trinajstić information content (AvgIpc) is 2.22. The van der Waals surface area contributed by atoms with E-state index in [-0.39, 0.29) is 5.97 Å². The topological polar surface area (TPSA) is 76.1 Å². The molecule has 0 aromatic heterocycles. The number of nitrogens with zero attached hydrogens (tertiary/aromatic N) is 1. The lowest BCUT2D eigenvalue weighted by Crippen LogP contribution is -2.29. The fraction of sp³-hybridized carbons (Fsp3) is 0.818. The quantitative estimate of drug-likeness (QED) is 0.678. The van der Waals surface area contributed by atoms with E-state index in [0.29, 0.717) is 19.4 Å². The molecule has 86 valence electrons. The number of hydrogen-bond donors (Lipinski definition) is 1. The van der Waals surface area contributed by atoms with E-state index in [1.807, 2.05) is 26.8 Å². The number of esters is 1. The van der Waals surface area contributed by atoms with Gasteiger partial charge in [0.1, 0.15) is 0 Å². The Balaban J connectivity index is 4.05. The van der Waals surface area contributed by atoms with Gasteiger partial charge in [-0.15, -0.1) is 0 Å². The van der Waals surface area contributed by atoms with Gasteiger partial charge in [-0.2, -0.15) is 5.26 Å². The highest BCUT2D eigenvalue weighted by atomic mass is 16.5. The van der Waals surface area contributed by atoms with Crippen LogP contribution in [-0.2, 0) is 9.53 Å². The van der Waals surface area contributed by atoms with Crippen LogP contribution in [0.25, 0.3) is 0 Å². The summed E-state index contributed by atoms with van der Waals surface area (Å²) in [6, 6.07) is 1.45. The van der Waals surface area contributed by atoms with Crippen molar-refractivity contribution in [2.75, 3.05) is 6.61 Å². The van der Waals surface area contributed by atoms with Crippen LogP contribution >= 0.6 is 0 Å². The SMILES string of the molecule is CCCOC(=O)C(C)(C)CCC(N)C#N. The Morgan fingerprint density at radius 1 is 1.60 bits per heavy atom. The molecule has 0 saturated carbocycles. The third-order valence-corrected chi connectivity index (χ3v) is 2.24. The summed E-state index contributed by atoms with van der Waals surface area (Å²) < 4.78 is 5.06. The van der Waals surface area contributed by atoms with E-state index < -0.39 is 11.5 Å². The maximum absolute atomic E-state index is 11.6. The minimum absolute atomic E-state index is 0.213. The van der Waals surface area contributed by atoms with Crippen molar-refractivity contribution in [3.05, 3.63) is 0 Å². The molecule has 0 rings (SSSR count). The van der Waals surface area contributed by atoms with Gasteiger partial charge in [-0.25, -0.2) is 0 Å². The Hall–Kier alpha value is -1.08. The Bertz CT molecular complexity index is 243. The smallest absolute Gasteiger partial charge is 0.311 e. The molecule has 0 aliphatic rings. The maximum atomic E-state index is 11.6.